The molecule has 4 atom stereocenters. The molecule has 0 N–H and O–H groups in total. The third-order valence-electron chi connectivity index (χ3n) is 4.09. The molecule has 0 amide bonds. The first kappa shape index (κ1) is 12.9. The van der Waals surface area contributed by atoms with Gasteiger partial charge in [0.25, 0.3) is 0 Å². The maximum atomic E-state index is 11.3. The summed E-state index contributed by atoms with van der Waals surface area (Å²) in [7, 11) is 0. The van der Waals surface area contributed by atoms with Crippen LogP contribution in [0.15, 0.2) is 23.8 Å². The summed E-state index contributed by atoms with van der Waals surface area (Å²) < 4.78 is 16.3. The van der Waals surface area contributed by atoms with Gasteiger partial charge in [-0.25, -0.2) is 4.79 Å². The molecule has 1 saturated heterocycles. The number of hydrogen-bond donors (Lipinski definition) is 0. The Hall–Kier alpha value is -1.13. The van der Waals surface area contributed by atoms with Crippen molar-refractivity contribution in [3.8, 4) is 0 Å². The maximum Gasteiger partial charge on any atom is 0.331 e. The third-order valence-corrected chi connectivity index (χ3v) is 4.09. The second-order valence-electron chi connectivity index (χ2n) is 5.66. The summed E-state index contributed by atoms with van der Waals surface area (Å²) in [5.41, 5.74) is 1.09. The lowest BCUT2D eigenvalue weighted by Gasteiger charge is -2.28. The first-order valence-electron chi connectivity index (χ1n) is 7.00. The Bertz CT molecular complexity index is 412. The van der Waals surface area contributed by atoms with Crippen LogP contribution in [0.1, 0.15) is 32.6 Å². The van der Waals surface area contributed by atoms with Gasteiger partial charge in [0.15, 0.2) is 0 Å². The summed E-state index contributed by atoms with van der Waals surface area (Å²) in [6, 6.07) is 0. The largest absolute Gasteiger partial charge is 0.455 e. The predicted octanol–water partition coefficient (Wildman–Crippen LogP) is 2.35. The minimum atomic E-state index is -0.227. The first-order valence-corrected chi connectivity index (χ1v) is 7.00. The number of esters is 1. The van der Waals surface area contributed by atoms with Crippen molar-refractivity contribution in [3.05, 3.63) is 23.8 Å². The lowest BCUT2D eigenvalue weighted by Crippen LogP contribution is -2.30. The Labute approximate surface area is 113 Å². The number of carbonyl (C=O) groups is 1. The van der Waals surface area contributed by atoms with Crippen molar-refractivity contribution in [2.75, 3.05) is 6.79 Å². The summed E-state index contributed by atoms with van der Waals surface area (Å²) in [4.78, 5) is 11.3. The molecule has 0 aromatic rings. The molecule has 1 aliphatic carbocycles. The van der Waals surface area contributed by atoms with Crippen LogP contribution in [0.5, 0.6) is 0 Å². The maximum absolute atomic E-state index is 11.3. The quantitative estimate of drug-likeness (QED) is 0.567. The molecule has 3 aliphatic rings. The lowest BCUT2D eigenvalue weighted by molar-refractivity contribution is -0.142. The molecule has 2 aliphatic heterocycles. The number of carbonyl (C=O) groups excluding carboxylic acids is 1. The van der Waals surface area contributed by atoms with Gasteiger partial charge in [-0.1, -0.05) is 11.6 Å². The van der Waals surface area contributed by atoms with E-state index in [2.05, 4.69) is 6.08 Å². The topological polar surface area (TPSA) is 44.8 Å². The highest BCUT2D eigenvalue weighted by Crippen LogP contribution is 2.33. The molecular formula is C15H20O4. The van der Waals surface area contributed by atoms with E-state index in [1.165, 1.54) is 0 Å². The monoisotopic (exact) mass is 264 g/mol. The summed E-state index contributed by atoms with van der Waals surface area (Å²) in [5, 5.41) is 0. The summed E-state index contributed by atoms with van der Waals surface area (Å²) in [6.07, 6.45) is 10.2. The fraction of sp³-hybridized carbons (Fsp3) is 0.667. The van der Waals surface area contributed by atoms with Gasteiger partial charge in [-0.15, -0.1) is 0 Å². The third kappa shape index (κ3) is 3.07. The van der Waals surface area contributed by atoms with E-state index in [9.17, 15) is 4.79 Å². The minimum absolute atomic E-state index is 0.101. The second-order valence-corrected chi connectivity index (χ2v) is 5.66. The number of fused-ring (bicyclic) bond motifs is 1. The SMILES string of the molecule is CC1=CC(=O)OC(/C=C/C2CCC3OCOC3C2)C1. The molecular weight excluding hydrogens is 244 g/mol. The van der Waals surface area contributed by atoms with Crippen LogP contribution in [0.3, 0.4) is 0 Å². The molecule has 2 fully saturated rings. The molecule has 0 aromatic heterocycles. The van der Waals surface area contributed by atoms with Crippen LogP contribution in [0.25, 0.3) is 0 Å². The summed E-state index contributed by atoms with van der Waals surface area (Å²) in [5.74, 6) is 0.280. The van der Waals surface area contributed by atoms with E-state index in [0.717, 1.165) is 31.3 Å². The first-order chi connectivity index (χ1) is 9.20. The zero-order chi connectivity index (χ0) is 13.2. The molecule has 104 valence electrons. The van der Waals surface area contributed by atoms with Crippen molar-refractivity contribution in [1.82, 2.24) is 0 Å². The Morgan fingerprint density at radius 1 is 1.21 bits per heavy atom. The van der Waals surface area contributed by atoms with E-state index in [4.69, 9.17) is 14.2 Å². The normalized spacial score (nSPS) is 39.0. The molecule has 3 rings (SSSR count). The van der Waals surface area contributed by atoms with Crippen LogP contribution >= 0.6 is 0 Å². The van der Waals surface area contributed by atoms with Crippen molar-refractivity contribution in [3.63, 3.8) is 0 Å². The minimum Gasteiger partial charge on any atom is -0.455 e. The van der Waals surface area contributed by atoms with Crippen LogP contribution in [-0.4, -0.2) is 31.1 Å². The average Bonchev–Trinajstić information content (AvgIpc) is 2.82. The highest BCUT2D eigenvalue weighted by molar-refractivity contribution is 5.83. The van der Waals surface area contributed by atoms with E-state index < -0.39 is 0 Å². The number of allylic oxidation sites excluding steroid dienone is 1. The van der Waals surface area contributed by atoms with Crippen LogP contribution < -0.4 is 0 Å². The second kappa shape index (κ2) is 5.47. The molecule has 0 radical (unpaired) electrons. The molecule has 0 spiro atoms. The van der Waals surface area contributed by atoms with Crippen molar-refractivity contribution in [2.24, 2.45) is 5.92 Å². The van der Waals surface area contributed by atoms with E-state index in [0.29, 0.717) is 18.8 Å². The van der Waals surface area contributed by atoms with Gasteiger partial charge in [0.2, 0.25) is 0 Å². The zero-order valence-electron chi connectivity index (χ0n) is 11.2. The fourth-order valence-corrected chi connectivity index (χ4v) is 3.08. The van der Waals surface area contributed by atoms with E-state index in [1.807, 2.05) is 13.0 Å². The van der Waals surface area contributed by atoms with E-state index >= 15 is 0 Å². The molecule has 4 unspecified atom stereocenters. The average molecular weight is 264 g/mol. The van der Waals surface area contributed by atoms with Gasteiger partial charge in [0.05, 0.1) is 12.2 Å². The Kier molecular flexibility index (Phi) is 3.71. The van der Waals surface area contributed by atoms with E-state index in [-0.39, 0.29) is 18.2 Å². The Morgan fingerprint density at radius 2 is 2.05 bits per heavy atom. The summed E-state index contributed by atoms with van der Waals surface area (Å²) in [6.45, 7) is 2.41. The highest BCUT2D eigenvalue weighted by atomic mass is 16.7. The van der Waals surface area contributed by atoms with Gasteiger partial charge >= 0.3 is 5.97 Å². The van der Waals surface area contributed by atoms with Gasteiger partial charge in [-0.3, -0.25) is 0 Å². The molecule has 1 saturated carbocycles. The van der Waals surface area contributed by atoms with Crippen LogP contribution in [-0.2, 0) is 19.0 Å². The van der Waals surface area contributed by atoms with Crippen LogP contribution in [0.2, 0.25) is 0 Å². The standard InChI is InChI=1S/C15H20O4/c1-10-6-12(19-15(16)7-10)4-2-11-3-5-13-14(8-11)18-9-17-13/h2,4,7,11-14H,3,5-6,8-9H2,1H3/b4-2+. The Morgan fingerprint density at radius 3 is 2.89 bits per heavy atom. The van der Waals surface area contributed by atoms with Crippen molar-refractivity contribution < 1.29 is 19.0 Å². The summed E-state index contributed by atoms with van der Waals surface area (Å²) >= 11 is 0. The number of hydrogen-bond acceptors (Lipinski definition) is 4. The van der Waals surface area contributed by atoms with E-state index in [1.54, 1.807) is 6.08 Å². The molecule has 4 heteroatoms. The molecule has 2 heterocycles. The molecule has 19 heavy (non-hydrogen) atoms. The zero-order valence-corrected chi connectivity index (χ0v) is 11.2. The van der Waals surface area contributed by atoms with Crippen molar-refractivity contribution in [2.45, 2.75) is 50.9 Å². The van der Waals surface area contributed by atoms with Gasteiger partial charge < -0.3 is 14.2 Å². The van der Waals surface area contributed by atoms with Gasteiger partial charge in [-0.05, 0) is 38.2 Å². The molecule has 0 aromatic carbocycles. The van der Waals surface area contributed by atoms with Gasteiger partial charge in [-0.2, -0.15) is 0 Å². The lowest BCUT2D eigenvalue weighted by atomic mass is 9.85. The molecule has 4 nitrogen and oxygen atoms in total. The fourth-order valence-electron chi connectivity index (χ4n) is 3.08. The van der Waals surface area contributed by atoms with Crippen LogP contribution in [0, 0.1) is 5.92 Å². The van der Waals surface area contributed by atoms with Gasteiger partial charge in [0, 0.05) is 12.5 Å². The Balaban J connectivity index is 1.55. The number of cyclic esters (lactones) is 1. The smallest absolute Gasteiger partial charge is 0.331 e. The highest BCUT2D eigenvalue weighted by Gasteiger charge is 2.35. The predicted molar refractivity (Wildman–Crippen MR) is 69.3 cm³/mol. The number of rotatable bonds is 2. The molecule has 0 bridgehead atoms. The van der Waals surface area contributed by atoms with Gasteiger partial charge in [0.1, 0.15) is 12.9 Å². The van der Waals surface area contributed by atoms with Crippen molar-refractivity contribution in [1.29, 1.82) is 0 Å². The number of ether oxygens (including phenoxy) is 3. The van der Waals surface area contributed by atoms with Crippen LogP contribution in [0.4, 0.5) is 0 Å². The van der Waals surface area contributed by atoms with Crippen molar-refractivity contribution >= 4 is 5.97 Å².